The SMILES string of the molecule is COC(=O)c1ccc(/C=C2\SC(=S)N(CCCCCC(=O)NCCCN3CCOCC3)C2=O)cc1. The van der Waals surface area contributed by atoms with Crippen molar-refractivity contribution >= 4 is 52.2 Å². The van der Waals surface area contributed by atoms with Gasteiger partial charge in [-0.15, -0.1) is 0 Å². The van der Waals surface area contributed by atoms with Gasteiger partial charge >= 0.3 is 5.97 Å². The zero-order valence-corrected chi connectivity index (χ0v) is 21.8. The molecule has 2 aliphatic heterocycles. The summed E-state index contributed by atoms with van der Waals surface area (Å²) in [5.74, 6) is -0.419. The first-order valence-corrected chi connectivity index (χ1v) is 13.2. The van der Waals surface area contributed by atoms with E-state index in [1.165, 1.54) is 18.9 Å². The van der Waals surface area contributed by atoms with Gasteiger partial charge in [0.1, 0.15) is 4.32 Å². The minimum Gasteiger partial charge on any atom is -0.465 e. The van der Waals surface area contributed by atoms with Crippen molar-refractivity contribution < 1.29 is 23.9 Å². The fourth-order valence-corrected chi connectivity index (χ4v) is 5.16. The molecule has 0 atom stereocenters. The predicted molar refractivity (Wildman–Crippen MR) is 141 cm³/mol. The number of rotatable bonds is 12. The summed E-state index contributed by atoms with van der Waals surface area (Å²) in [4.78, 5) is 40.9. The lowest BCUT2D eigenvalue weighted by molar-refractivity contribution is -0.122. The van der Waals surface area contributed by atoms with E-state index in [0.29, 0.717) is 34.3 Å². The zero-order chi connectivity index (χ0) is 25.0. The van der Waals surface area contributed by atoms with Gasteiger partial charge in [-0.05, 0) is 49.6 Å². The number of hydrogen-bond acceptors (Lipinski definition) is 8. The molecule has 35 heavy (non-hydrogen) atoms. The number of unbranched alkanes of at least 4 members (excludes halogenated alkanes) is 2. The summed E-state index contributed by atoms with van der Waals surface area (Å²) < 4.78 is 10.6. The molecule has 1 aromatic carbocycles. The number of ether oxygens (including phenoxy) is 2. The van der Waals surface area contributed by atoms with Crippen LogP contribution in [0.4, 0.5) is 0 Å². The molecule has 10 heteroatoms. The van der Waals surface area contributed by atoms with Crippen LogP contribution in [0, 0.1) is 0 Å². The third kappa shape index (κ3) is 8.71. The molecule has 3 rings (SSSR count). The summed E-state index contributed by atoms with van der Waals surface area (Å²) in [6.07, 6.45) is 5.65. The molecule has 1 N–H and O–H groups in total. The molecule has 0 aliphatic carbocycles. The van der Waals surface area contributed by atoms with Crippen molar-refractivity contribution in [3.05, 3.63) is 40.3 Å². The lowest BCUT2D eigenvalue weighted by atomic mass is 10.1. The fourth-order valence-electron chi connectivity index (χ4n) is 3.85. The average molecular weight is 520 g/mol. The van der Waals surface area contributed by atoms with E-state index in [0.717, 1.165) is 64.1 Å². The molecule has 0 bridgehead atoms. The van der Waals surface area contributed by atoms with Gasteiger partial charge in [-0.2, -0.15) is 0 Å². The van der Waals surface area contributed by atoms with Gasteiger partial charge in [0.25, 0.3) is 5.91 Å². The first-order chi connectivity index (χ1) is 17.0. The maximum absolute atomic E-state index is 12.8. The van der Waals surface area contributed by atoms with E-state index in [-0.39, 0.29) is 11.8 Å². The lowest BCUT2D eigenvalue weighted by Crippen LogP contribution is -2.38. The molecule has 0 radical (unpaired) electrons. The normalized spacial score (nSPS) is 17.7. The van der Waals surface area contributed by atoms with E-state index in [4.69, 9.17) is 21.7 Å². The summed E-state index contributed by atoms with van der Waals surface area (Å²) in [7, 11) is 1.34. The number of carbonyl (C=O) groups excluding carboxylic acids is 3. The Morgan fingerprint density at radius 2 is 1.86 bits per heavy atom. The van der Waals surface area contributed by atoms with E-state index in [1.807, 2.05) is 0 Å². The molecule has 1 aromatic rings. The Hall–Kier alpha value is -2.27. The van der Waals surface area contributed by atoms with Crippen molar-refractivity contribution in [2.24, 2.45) is 0 Å². The van der Waals surface area contributed by atoms with Gasteiger partial charge in [-0.1, -0.05) is 42.5 Å². The summed E-state index contributed by atoms with van der Waals surface area (Å²) in [5.41, 5.74) is 1.27. The van der Waals surface area contributed by atoms with Crippen molar-refractivity contribution in [3.63, 3.8) is 0 Å². The molecule has 2 amide bonds. The van der Waals surface area contributed by atoms with Crippen LogP contribution in [0.5, 0.6) is 0 Å². The van der Waals surface area contributed by atoms with Crippen molar-refractivity contribution in [2.75, 3.05) is 53.0 Å². The summed E-state index contributed by atoms with van der Waals surface area (Å²) in [6, 6.07) is 6.87. The number of amides is 2. The van der Waals surface area contributed by atoms with Crippen molar-refractivity contribution in [1.29, 1.82) is 0 Å². The highest BCUT2D eigenvalue weighted by Crippen LogP contribution is 2.32. The number of carbonyl (C=O) groups is 3. The number of methoxy groups -OCH3 is 1. The quantitative estimate of drug-likeness (QED) is 0.195. The van der Waals surface area contributed by atoms with Crippen molar-refractivity contribution in [1.82, 2.24) is 15.1 Å². The highest BCUT2D eigenvalue weighted by molar-refractivity contribution is 8.26. The first kappa shape index (κ1) is 27.3. The zero-order valence-electron chi connectivity index (χ0n) is 20.1. The van der Waals surface area contributed by atoms with Gasteiger partial charge < -0.3 is 14.8 Å². The number of thiocarbonyl (C=S) groups is 1. The summed E-state index contributed by atoms with van der Waals surface area (Å²) >= 11 is 6.68. The van der Waals surface area contributed by atoms with Crippen LogP contribution in [0.3, 0.4) is 0 Å². The van der Waals surface area contributed by atoms with Gasteiger partial charge in [0.05, 0.1) is 30.8 Å². The topological polar surface area (TPSA) is 88.2 Å². The summed E-state index contributed by atoms with van der Waals surface area (Å²) in [5, 5.41) is 2.99. The predicted octanol–water partition coefficient (Wildman–Crippen LogP) is 3.07. The number of nitrogens with one attached hydrogen (secondary N) is 1. The van der Waals surface area contributed by atoms with Crippen LogP contribution in [0.15, 0.2) is 29.2 Å². The molecule has 0 unspecified atom stereocenters. The van der Waals surface area contributed by atoms with Crippen molar-refractivity contribution in [2.45, 2.75) is 32.1 Å². The van der Waals surface area contributed by atoms with E-state index in [9.17, 15) is 14.4 Å². The molecular formula is C25H33N3O5S2. The Bertz CT molecular complexity index is 930. The average Bonchev–Trinajstić information content (AvgIpc) is 3.14. The molecule has 0 aromatic heterocycles. The number of hydrogen-bond donors (Lipinski definition) is 1. The largest absolute Gasteiger partial charge is 0.465 e. The number of thioether (sulfide) groups is 1. The third-order valence-electron chi connectivity index (χ3n) is 5.87. The highest BCUT2D eigenvalue weighted by Gasteiger charge is 2.31. The number of nitrogens with zero attached hydrogens (tertiary/aromatic N) is 2. The second kappa shape index (κ2) is 14.3. The minimum absolute atomic E-state index is 0.0822. The van der Waals surface area contributed by atoms with E-state index < -0.39 is 5.97 Å². The lowest BCUT2D eigenvalue weighted by Gasteiger charge is -2.26. The van der Waals surface area contributed by atoms with Crippen LogP contribution in [-0.2, 0) is 19.1 Å². The van der Waals surface area contributed by atoms with Crippen molar-refractivity contribution in [3.8, 4) is 0 Å². The van der Waals surface area contributed by atoms with Crippen LogP contribution in [0.25, 0.3) is 6.08 Å². The maximum Gasteiger partial charge on any atom is 0.337 e. The molecule has 2 heterocycles. The Kier molecular flexibility index (Phi) is 11.2. The molecule has 2 saturated heterocycles. The monoisotopic (exact) mass is 519 g/mol. The van der Waals surface area contributed by atoms with Gasteiger partial charge in [0.2, 0.25) is 5.91 Å². The minimum atomic E-state index is -0.399. The number of morpholine rings is 1. The molecule has 2 aliphatic rings. The summed E-state index contributed by atoms with van der Waals surface area (Å²) in [6.45, 7) is 5.76. The number of benzene rings is 1. The van der Waals surface area contributed by atoms with E-state index in [1.54, 1.807) is 35.2 Å². The Balaban J connectivity index is 1.31. The second-order valence-corrected chi connectivity index (χ2v) is 10.1. The Morgan fingerprint density at radius 3 is 2.57 bits per heavy atom. The maximum atomic E-state index is 12.8. The first-order valence-electron chi connectivity index (χ1n) is 12.0. The number of esters is 1. The third-order valence-corrected chi connectivity index (χ3v) is 7.24. The molecule has 8 nitrogen and oxygen atoms in total. The van der Waals surface area contributed by atoms with Gasteiger partial charge in [0, 0.05) is 32.6 Å². The van der Waals surface area contributed by atoms with E-state index in [2.05, 4.69) is 10.2 Å². The van der Waals surface area contributed by atoms with Crippen LogP contribution < -0.4 is 5.32 Å². The van der Waals surface area contributed by atoms with Crippen LogP contribution >= 0.6 is 24.0 Å². The van der Waals surface area contributed by atoms with Gasteiger partial charge in [-0.3, -0.25) is 19.4 Å². The van der Waals surface area contributed by atoms with Gasteiger partial charge in [-0.25, -0.2) is 4.79 Å². The molecule has 0 spiro atoms. The molecule has 190 valence electrons. The van der Waals surface area contributed by atoms with Gasteiger partial charge in [0.15, 0.2) is 0 Å². The standard InChI is InChI=1S/C25H33N3O5S2/c1-32-24(31)20-9-7-19(8-10-20)18-21-23(30)28(25(34)35-21)13-4-2-3-6-22(29)26-11-5-12-27-14-16-33-17-15-27/h7-10,18H,2-6,11-17H2,1H3,(H,26,29)/b21-18-. The van der Waals surface area contributed by atoms with E-state index >= 15 is 0 Å². The molecule has 2 fully saturated rings. The Labute approximate surface area is 216 Å². The highest BCUT2D eigenvalue weighted by atomic mass is 32.2. The van der Waals surface area contributed by atoms with Crippen LogP contribution in [0.2, 0.25) is 0 Å². The second-order valence-electron chi connectivity index (χ2n) is 8.42. The Morgan fingerprint density at radius 1 is 1.11 bits per heavy atom. The van der Waals surface area contributed by atoms with Crippen LogP contribution in [-0.4, -0.2) is 85.0 Å². The fraction of sp³-hybridized carbons (Fsp3) is 0.520. The molecular weight excluding hydrogens is 486 g/mol. The molecule has 0 saturated carbocycles. The smallest absolute Gasteiger partial charge is 0.337 e. The van der Waals surface area contributed by atoms with Crippen LogP contribution in [0.1, 0.15) is 48.0 Å².